The smallest absolute Gasteiger partial charge is 0.414 e. The average molecular weight is 398 g/mol. The number of rotatable bonds is 3. The van der Waals surface area contributed by atoms with Crippen molar-refractivity contribution in [3.8, 4) is 0 Å². The Morgan fingerprint density at radius 1 is 1.25 bits per heavy atom. The summed E-state index contributed by atoms with van der Waals surface area (Å²) in [4.78, 5) is 24.9. The normalized spacial score (nSPS) is 14.4. The quantitative estimate of drug-likeness (QED) is 0.753. The van der Waals surface area contributed by atoms with Crippen LogP contribution in [0.15, 0.2) is 33.3 Å². The number of nitrogens with zero attached hydrogens (tertiary/aromatic N) is 3. The maximum atomic E-state index is 9.10. The van der Waals surface area contributed by atoms with Gasteiger partial charge in [-0.25, -0.2) is 9.59 Å². The third-order valence-corrected chi connectivity index (χ3v) is 3.88. The molecule has 0 aliphatic carbocycles. The molecule has 0 amide bonds. The summed E-state index contributed by atoms with van der Waals surface area (Å²) in [6, 6.07) is 8.45. The van der Waals surface area contributed by atoms with Crippen LogP contribution in [0.5, 0.6) is 0 Å². The molecule has 3 rings (SSSR count). The van der Waals surface area contributed by atoms with Crippen molar-refractivity contribution in [1.82, 2.24) is 15.0 Å². The zero-order chi connectivity index (χ0) is 17.7. The Morgan fingerprint density at radius 2 is 1.83 bits per heavy atom. The number of carbonyl (C=O) groups is 2. The van der Waals surface area contributed by atoms with Gasteiger partial charge in [-0.15, -0.1) is 0 Å². The molecule has 128 valence electrons. The molecule has 2 N–H and O–H groups in total. The molecule has 0 radical (unpaired) electrons. The number of aryl methyl sites for hydroxylation is 1. The predicted octanol–water partition coefficient (Wildman–Crippen LogP) is 1.90. The molecule has 1 aromatic carbocycles. The summed E-state index contributed by atoms with van der Waals surface area (Å²) in [6.45, 7) is 4.83. The number of hydrogen-bond donors (Lipinski definition) is 2. The number of aliphatic carboxylic acids is 2. The molecular weight excluding hydrogens is 382 g/mol. The SMILES string of the molecule is Cc1noc(C2CN(Cc3ccc(Br)cc3)C2)n1.O=C(O)C(=O)O. The molecule has 0 unspecified atom stereocenters. The lowest BCUT2D eigenvalue weighted by molar-refractivity contribution is -0.159. The summed E-state index contributed by atoms with van der Waals surface area (Å²) in [6.07, 6.45) is 0. The molecule has 24 heavy (non-hydrogen) atoms. The molecule has 0 spiro atoms. The molecule has 1 aliphatic heterocycles. The van der Waals surface area contributed by atoms with Crippen molar-refractivity contribution in [2.75, 3.05) is 13.1 Å². The molecule has 1 aromatic heterocycles. The average Bonchev–Trinajstić information content (AvgIpc) is 2.91. The largest absolute Gasteiger partial charge is 0.473 e. The van der Waals surface area contributed by atoms with Crippen molar-refractivity contribution in [3.63, 3.8) is 0 Å². The van der Waals surface area contributed by atoms with Gasteiger partial charge in [0, 0.05) is 24.1 Å². The molecular formula is C15H16BrN3O5. The van der Waals surface area contributed by atoms with Gasteiger partial charge in [0.05, 0.1) is 5.92 Å². The second-order valence-corrected chi connectivity index (χ2v) is 6.22. The van der Waals surface area contributed by atoms with Crippen molar-refractivity contribution < 1.29 is 24.3 Å². The first-order valence-electron chi connectivity index (χ1n) is 7.08. The fraction of sp³-hybridized carbons (Fsp3) is 0.333. The van der Waals surface area contributed by atoms with E-state index in [0.29, 0.717) is 5.92 Å². The van der Waals surface area contributed by atoms with Gasteiger partial charge in [-0.2, -0.15) is 4.98 Å². The van der Waals surface area contributed by atoms with Crippen LogP contribution in [0.3, 0.4) is 0 Å². The highest BCUT2D eigenvalue weighted by atomic mass is 79.9. The van der Waals surface area contributed by atoms with Gasteiger partial charge in [0.25, 0.3) is 0 Å². The predicted molar refractivity (Wildman–Crippen MR) is 86.5 cm³/mol. The van der Waals surface area contributed by atoms with Crippen LogP contribution in [-0.2, 0) is 16.1 Å². The number of carboxylic acids is 2. The first kappa shape index (κ1) is 18.1. The van der Waals surface area contributed by atoms with Crippen molar-refractivity contribution in [3.05, 3.63) is 46.0 Å². The number of likely N-dealkylation sites (tertiary alicyclic amines) is 1. The van der Waals surface area contributed by atoms with E-state index >= 15 is 0 Å². The van der Waals surface area contributed by atoms with Crippen molar-refractivity contribution in [1.29, 1.82) is 0 Å². The lowest BCUT2D eigenvalue weighted by atomic mass is 9.99. The van der Waals surface area contributed by atoms with Gasteiger partial charge in [0.2, 0.25) is 5.89 Å². The first-order chi connectivity index (χ1) is 11.3. The highest BCUT2D eigenvalue weighted by molar-refractivity contribution is 9.10. The number of benzene rings is 1. The standard InChI is InChI=1S/C13H14BrN3O.C2H2O4/c1-9-15-13(18-16-9)11-7-17(8-11)6-10-2-4-12(14)5-3-10;3-1(4)2(5)6/h2-5,11H,6-8H2,1H3;(H,3,4)(H,5,6). The van der Waals surface area contributed by atoms with E-state index in [2.05, 4.69) is 55.2 Å². The minimum atomic E-state index is -1.82. The van der Waals surface area contributed by atoms with Gasteiger partial charge >= 0.3 is 11.9 Å². The molecule has 0 saturated carbocycles. The van der Waals surface area contributed by atoms with E-state index in [4.69, 9.17) is 24.3 Å². The summed E-state index contributed by atoms with van der Waals surface area (Å²) >= 11 is 3.44. The summed E-state index contributed by atoms with van der Waals surface area (Å²) in [5, 5.41) is 18.6. The van der Waals surface area contributed by atoms with Gasteiger partial charge in [-0.1, -0.05) is 33.2 Å². The number of aromatic nitrogens is 2. The minimum Gasteiger partial charge on any atom is -0.473 e. The van der Waals surface area contributed by atoms with Crippen molar-refractivity contribution in [2.45, 2.75) is 19.4 Å². The van der Waals surface area contributed by atoms with Crippen LogP contribution in [0.4, 0.5) is 0 Å². The fourth-order valence-electron chi connectivity index (χ4n) is 2.18. The second-order valence-electron chi connectivity index (χ2n) is 5.31. The zero-order valence-electron chi connectivity index (χ0n) is 12.8. The third kappa shape index (κ3) is 5.14. The van der Waals surface area contributed by atoms with Crippen LogP contribution in [-0.4, -0.2) is 50.3 Å². The Balaban J connectivity index is 0.000000301. The second kappa shape index (κ2) is 8.02. The van der Waals surface area contributed by atoms with Gasteiger partial charge in [0.1, 0.15) is 0 Å². The molecule has 2 heterocycles. The van der Waals surface area contributed by atoms with Crippen molar-refractivity contribution >= 4 is 27.9 Å². The van der Waals surface area contributed by atoms with Crippen LogP contribution >= 0.6 is 15.9 Å². The van der Waals surface area contributed by atoms with E-state index in [1.807, 2.05) is 6.92 Å². The van der Waals surface area contributed by atoms with E-state index in [9.17, 15) is 0 Å². The fourth-order valence-corrected chi connectivity index (χ4v) is 2.45. The summed E-state index contributed by atoms with van der Waals surface area (Å²) < 4.78 is 6.31. The van der Waals surface area contributed by atoms with Crippen LogP contribution < -0.4 is 0 Å². The molecule has 8 nitrogen and oxygen atoms in total. The maximum Gasteiger partial charge on any atom is 0.414 e. The first-order valence-corrected chi connectivity index (χ1v) is 7.87. The van der Waals surface area contributed by atoms with Gasteiger partial charge < -0.3 is 14.7 Å². The molecule has 0 bridgehead atoms. The molecule has 9 heteroatoms. The molecule has 0 atom stereocenters. The van der Waals surface area contributed by atoms with Crippen LogP contribution in [0.25, 0.3) is 0 Å². The minimum absolute atomic E-state index is 0.404. The van der Waals surface area contributed by atoms with E-state index in [0.717, 1.165) is 35.8 Å². The summed E-state index contributed by atoms with van der Waals surface area (Å²) in [5.41, 5.74) is 1.33. The van der Waals surface area contributed by atoms with Crippen LogP contribution in [0, 0.1) is 6.92 Å². The molecule has 1 saturated heterocycles. The van der Waals surface area contributed by atoms with E-state index in [1.165, 1.54) is 5.56 Å². The van der Waals surface area contributed by atoms with Gasteiger partial charge in [0.15, 0.2) is 5.82 Å². The lowest BCUT2D eigenvalue weighted by Gasteiger charge is -2.37. The third-order valence-electron chi connectivity index (χ3n) is 3.35. The Kier molecular flexibility index (Phi) is 6.04. The van der Waals surface area contributed by atoms with E-state index in [1.54, 1.807) is 0 Å². The Bertz CT molecular complexity index is 698. The zero-order valence-corrected chi connectivity index (χ0v) is 14.4. The van der Waals surface area contributed by atoms with Gasteiger partial charge in [-0.05, 0) is 24.6 Å². The van der Waals surface area contributed by atoms with Gasteiger partial charge in [-0.3, -0.25) is 4.90 Å². The Morgan fingerprint density at radius 3 is 2.29 bits per heavy atom. The van der Waals surface area contributed by atoms with Crippen molar-refractivity contribution in [2.24, 2.45) is 0 Å². The van der Waals surface area contributed by atoms with Crippen LogP contribution in [0.1, 0.15) is 23.2 Å². The monoisotopic (exact) mass is 397 g/mol. The Labute approximate surface area is 146 Å². The highest BCUT2D eigenvalue weighted by Gasteiger charge is 2.32. The van der Waals surface area contributed by atoms with E-state index < -0.39 is 11.9 Å². The topological polar surface area (TPSA) is 117 Å². The van der Waals surface area contributed by atoms with Crippen LogP contribution in [0.2, 0.25) is 0 Å². The Hall–Kier alpha value is -2.26. The molecule has 1 aliphatic rings. The maximum absolute atomic E-state index is 9.10. The molecule has 2 aromatic rings. The number of halogens is 1. The summed E-state index contributed by atoms with van der Waals surface area (Å²) in [7, 11) is 0. The van der Waals surface area contributed by atoms with E-state index in [-0.39, 0.29) is 0 Å². The number of hydrogen-bond acceptors (Lipinski definition) is 6. The lowest BCUT2D eigenvalue weighted by Crippen LogP contribution is -2.44. The number of carboxylic acid groups (broad SMARTS) is 2. The highest BCUT2D eigenvalue weighted by Crippen LogP contribution is 2.27. The molecule has 1 fully saturated rings. The summed E-state index contributed by atoms with van der Waals surface area (Å²) in [5.74, 6) is -1.75.